The lowest BCUT2D eigenvalue weighted by Crippen LogP contribution is -2.55. The number of amides is 1. The Morgan fingerprint density at radius 1 is 1.48 bits per heavy atom. The summed E-state index contributed by atoms with van der Waals surface area (Å²) in [5.41, 5.74) is 0. The molecular weight excluding hydrogens is 272 g/mol. The third-order valence-electron chi connectivity index (χ3n) is 4.03. The molecule has 0 unspecified atom stereocenters. The smallest absolute Gasteiger partial charge is 0.248 e. The Morgan fingerprint density at radius 3 is 3.14 bits per heavy atom. The Bertz CT molecular complexity index is 482. The van der Waals surface area contributed by atoms with Crippen molar-refractivity contribution in [2.75, 3.05) is 26.9 Å². The number of aromatic nitrogens is 1. The predicted molar refractivity (Wildman–Crippen MR) is 75.0 cm³/mol. The highest BCUT2D eigenvalue weighted by molar-refractivity contribution is 5.78. The number of fused-ring (bicyclic) bond motifs is 1. The monoisotopic (exact) mass is 292 g/mol. The van der Waals surface area contributed by atoms with Gasteiger partial charge in [-0.05, 0) is 18.9 Å². The van der Waals surface area contributed by atoms with Crippen LogP contribution in [0.4, 0.5) is 0 Å². The number of hydrogen-bond acceptors (Lipinski definition) is 5. The second kappa shape index (κ2) is 6.41. The van der Waals surface area contributed by atoms with Gasteiger partial charge >= 0.3 is 0 Å². The minimum absolute atomic E-state index is 0.0225. The van der Waals surface area contributed by atoms with Crippen molar-refractivity contribution >= 4 is 5.91 Å². The molecule has 0 N–H and O–H groups in total. The maximum absolute atomic E-state index is 12.1. The van der Waals surface area contributed by atoms with Gasteiger partial charge in [0, 0.05) is 25.9 Å². The van der Waals surface area contributed by atoms with Crippen LogP contribution in [0.5, 0.6) is 5.88 Å². The highest BCUT2D eigenvalue weighted by Crippen LogP contribution is 2.32. The summed E-state index contributed by atoms with van der Waals surface area (Å²) >= 11 is 0. The predicted octanol–water partition coefficient (Wildman–Crippen LogP) is 0.865. The number of ether oxygens (including phenoxy) is 3. The van der Waals surface area contributed by atoms with Crippen molar-refractivity contribution in [3.63, 3.8) is 0 Å². The van der Waals surface area contributed by atoms with Gasteiger partial charge in [0.25, 0.3) is 0 Å². The average molecular weight is 292 g/mol. The molecule has 1 aromatic rings. The molecule has 2 aliphatic rings. The molecule has 114 valence electrons. The van der Waals surface area contributed by atoms with Crippen LogP contribution < -0.4 is 4.74 Å². The Kier molecular flexibility index (Phi) is 4.36. The van der Waals surface area contributed by atoms with Crippen molar-refractivity contribution in [2.45, 2.75) is 31.1 Å². The van der Waals surface area contributed by atoms with Gasteiger partial charge < -0.3 is 19.1 Å². The summed E-state index contributed by atoms with van der Waals surface area (Å²) in [6, 6.07) is 5.66. The van der Waals surface area contributed by atoms with E-state index in [1.165, 1.54) is 7.11 Å². The van der Waals surface area contributed by atoms with E-state index in [0.717, 1.165) is 12.8 Å². The van der Waals surface area contributed by atoms with E-state index in [-0.39, 0.29) is 30.8 Å². The first-order valence-electron chi connectivity index (χ1n) is 7.27. The number of morpholine rings is 1. The second-order valence-corrected chi connectivity index (χ2v) is 5.32. The highest BCUT2D eigenvalue weighted by Gasteiger charge is 2.45. The molecule has 2 heterocycles. The maximum atomic E-state index is 12.1. The first-order chi connectivity index (χ1) is 10.3. The van der Waals surface area contributed by atoms with E-state index < -0.39 is 0 Å². The topological polar surface area (TPSA) is 60.9 Å². The van der Waals surface area contributed by atoms with Gasteiger partial charge in [0.1, 0.15) is 18.8 Å². The standard InChI is InChI=1S/C15H20N2O4/c1-19-10-14(18)17-8-9-20-15-11(17)5-6-12(15)21-13-4-2-3-7-16-13/h2-4,7,11-12,15H,5-6,8-10H2,1H3/t11-,12+,15+/m0/s1. The van der Waals surface area contributed by atoms with Crippen LogP contribution in [0.3, 0.4) is 0 Å². The lowest BCUT2D eigenvalue weighted by atomic mass is 10.1. The van der Waals surface area contributed by atoms with E-state index in [0.29, 0.717) is 19.0 Å². The van der Waals surface area contributed by atoms with Crippen LogP contribution in [0.15, 0.2) is 24.4 Å². The first-order valence-corrected chi connectivity index (χ1v) is 7.27. The molecule has 1 saturated carbocycles. The van der Waals surface area contributed by atoms with Crippen LogP contribution in [-0.4, -0.2) is 60.9 Å². The average Bonchev–Trinajstić information content (AvgIpc) is 2.92. The number of methoxy groups -OCH3 is 1. The van der Waals surface area contributed by atoms with Gasteiger partial charge in [-0.1, -0.05) is 6.07 Å². The quantitative estimate of drug-likeness (QED) is 0.824. The molecule has 1 aliphatic heterocycles. The summed E-state index contributed by atoms with van der Waals surface area (Å²) in [5, 5.41) is 0. The highest BCUT2D eigenvalue weighted by atomic mass is 16.5. The minimum Gasteiger partial charge on any atom is -0.471 e. The molecule has 6 nitrogen and oxygen atoms in total. The normalized spacial score (nSPS) is 28.2. The van der Waals surface area contributed by atoms with Crippen molar-refractivity contribution in [2.24, 2.45) is 0 Å². The Morgan fingerprint density at radius 2 is 2.38 bits per heavy atom. The van der Waals surface area contributed by atoms with Crippen molar-refractivity contribution in [1.82, 2.24) is 9.88 Å². The van der Waals surface area contributed by atoms with Crippen molar-refractivity contribution in [1.29, 1.82) is 0 Å². The fourth-order valence-corrected chi connectivity index (χ4v) is 3.13. The van der Waals surface area contributed by atoms with Gasteiger partial charge in [0.05, 0.1) is 12.6 Å². The Balaban J connectivity index is 1.67. The van der Waals surface area contributed by atoms with E-state index in [2.05, 4.69) is 4.98 Å². The molecule has 1 aromatic heterocycles. The minimum atomic E-state index is -0.0819. The number of pyridine rings is 1. The summed E-state index contributed by atoms with van der Waals surface area (Å²) < 4.78 is 16.7. The molecule has 0 spiro atoms. The third-order valence-corrected chi connectivity index (χ3v) is 4.03. The molecule has 3 rings (SSSR count). The zero-order valence-corrected chi connectivity index (χ0v) is 12.1. The Hall–Kier alpha value is -1.66. The van der Waals surface area contributed by atoms with Crippen molar-refractivity contribution in [3.05, 3.63) is 24.4 Å². The Labute approximate surface area is 124 Å². The summed E-state index contributed by atoms with van der Waals surface area (Å²) in [6.07, 6.45) is 3.32. The molecule has 0 aromatic carbocycles. The zero-order valence-electron chi connectivity index (χ0n) is 12.1. The number of rotatable bonds is 4. The van der Waals surface area contributed by atoms with Crippen molar-refractivity contribution in [3.8, 4) is 5.88 Å². The van der Waals surface area contributed by atoms with E-state index in [1.54, 1.807) is 6.20 Å². The fourth-order valence-electron chi connectivity index (χ4n) is 3.13. The van der Waals surface area contributed by atoms with Gasteiger partial charge in [0.15, 0.2) is 0 Å². The van der Waals surface area contributed by atoms with Gasteiger partial charge in [0.2, 0.25) is 11.8 Å². The number of hydrogen-bond donors (Lipinski definition) is 0. The summed E-state index contributed by atoms with van der Waals surface area (Å²) in [4.78, 5) is 18.2. The van der Waals surface area contributed by atoms with Gasteiger partial charge in [-0.2, -0.15) is 0 Å². The molecular formula is C15H20N2O4. The van der Waals surface area contributed by atoms with Crippen LogP contribution in [0, 0.1) is 0 Å². The SMILES string of the molecule is COCC(=O)N1CCO[C@H]2[C@H](Oc3ccccn3)CC[C@@H]21. The number of carbonyl (C=O) groups is 1. The fraction of sp³-hybridized carbons (Fsp3) is 0.600. The molecule has 0 bridgehead atoms. The summed E-state index contributed by atoms with van der Waals surface area (Å²) in [6.45, 7) is 1.29. The number of nitrogens with zero attached hydrogens (tertiary/aromatic N) is 2. The van der Waals surface area contributed by atoms with Crippen LogP contribution in [0.2, 0.25) is 0 Å². The van der Waals surface area contributed by atoms with E-state index in [9.17, 15) is 4.79 Å². The maximum Gasteiger partial charge on any atom is 0.248 e. The molecule has 1 aliphatic carbocycles. The van der Waals surface area contributed by atoms with Gasteiger partial charge in [-0.15, -0.1) is 0 Å². The molecule has 1 amide bonds. The lowest BCUT2D eigenvalue weighted by molar-refractivity contribution is -0.151. The van der Waals surface area contributed by atoms with Crippen LogP contribution in [-0.2, 0) is 14.3 Å². The van der Waals surface area contributed by atoms with Crippen LogP contribution in [0.25, 0.3) is 0 Å². The first kappa shape index (κ1) is 14.3. The third kappa shape index (κ3) is 3.01. The second-order valence-electron chi connectivity index (χ2n) is 5.32. The summed E-state index contributed by atoms with van der Waals surface area (Å²) in [5.74, 6) is 0.626. The molecule has 3 atom stereocenters. The lowest BCUT2D eigenvalue weighted by Gasteiger charge is -2.38. The zero-order chi connectivity index (χ0) is 14.7. The molecule has 2 fully saturated rings. The van der Waals surface area contributed by atoms with Gasteiger partial charge in [-0.3, -0.25) is 4.79 Å². The van der Waals surface area contributed by atoms with E-state index in [4.69, 9.17) is 14.2 Å². The van der Waals surface area contributed by atoms with E-state index >= 15 is 0 Å². The number of carbonyl (C=O) groups excluding carboxylic acids is 1. The summed E-state index contributed by atoms with van der Waals surface area (Å²) in [7, 11) is 1.54. The van der Waals surface area contributed by atoms with Crippen LogP contribution >= 0.6 is 0 Å². The van der Waals surface area contributed by atoms with Crippen LogP contribution in [0.1, 0.15) is 12.8 Å². The molecule has 21 heavy (non-hydrogen) atoms. The van der Waals surface area contributed by atoms with Crippen molar-refractivity contribution < 1.29 is 19.0 Å². The largest absolute Gasteiger partial charge is 0.471 e. The molecule has 6 heteroatoms. The van der Waals surface area contributed by atoms with E-state index in [1.807, 2.05) is 23.1 Å². The molecule has 1 saturated heterocycles. The molecule has 0 radical (unpaired) electrons. The van der Waals surface area contributed by atoms with Gasteiger partial charge in [-0.25, -0.2) is 4.98 Å².